The van der Waals surface area contributed by atoms with Crippen molar-refractivity contribution in [1.82, 2.24) is 9.88 Å². The maximum Gasteiger partial charge on any atom is 0.242 e. The Labute approximate surface area is 145 Å². The molecule has 3 rings (SSSR count). The van der Waals surface area contributed by atoms with E-state index in [2.05, 4.69) is 10.3 Å². The smallest absolute Gasteiger partial charge is 0.242 e. The van der Waals surface area contributed by atoms with E-state index in [-0.39, 0.29) is 18.7 Å². The fraction of sp³-hybridized carbons (Fsp3) is 0.294. The van der Waals surface area contributed by atoms with E-state index in [0.29, 0.717) is 17.4 Å². The number of likely N-dealkylation sites (N-methyl/N-ethyl adjacent to an activating group) is 1. The molecule has 0 bridgehead atoms. The van der Waals surface area contributed by atoms with Gasteiger partial charge in [0.25, 0.3) is 0 Å². The lowest BCUT2D eigenvalue weighted by Crippen LogP contribution is -2.39. The topological polar surface area (TPSA) is 63.7 Å². The number of amides is 1. The predicted octanol–water partition coefficient (Wildman–Crippen LogP) is 2.92. The SMILES string of the molecule is C[C@@H](C(=O)Nc1ccc(Cl)cn1)N(C)Cc1ccc2c(c1)OCO2. The van der Waals surface area contributed by atoms with E-state index in [0.717, 1.165) is 17.1 Å². The van der Waals surface area contributed by atoms with Gasteiger partial charge in [-0.15, -0.1) is 0 Å². The molecule has 1 aliphatic rings. The van der Waals surface area contributed by atoms with Crippen LogP contribution >= 0.6 is 11.6 Å². The van der Waals surface area contributed by atoms with E-state index in [1.807, 2.05) is 37.1 Å². The third kappa shape index (κ3) is 3.77. The highest BCUT2D eigenvalue weighted by atomic mass is 35.5. The lowest BCUT2D eigenvalue weighted by molar-refractivity contribution is -0.120. The van der Waals surface area contributed by atoms with E-state index >= 15 is 0 Å². The van der Waals surface area contributed by atoms with Crippen molar-refractivity contribution in [3.05, 3.63) is 47.1 Å². The van der Waals surface area contributed by atoms with Crippen LogP contribution in [-0.4, -0.2) is 35.7 Å². The molecule has 1 atom stereocenters. The zero-order valence-corrected chi connectivity index (χ0v) is 14.2. The molecular weight excluding hydrogens is 330 g/mol. The first-order valence-electron chi connectivity index (χ1n) is 7.54. The fourth-order valence-electron chi connectivity index (χ4n) is 2.34. The Hall–Kier alpha value is -2.31. The number of carbonyl (C=O) groups is 1. The molecule has 0 fully saturated rings. The maximum atomic E-state index is 12.3. The zero-order valence-electron chi connectivity index (χ0n) is 13.5. The highest BCUT2D eigenvalue weighted by molar-refractivity contribution is 6.30. The maximum absolute atomic E-state index is 12.3. The zero-order chi connectivity index (χ0) is 17.1. The summed E-state index contributed by atoms with van der Waals surface area (Å²) in [4.78, 5) is 18.4. The second-order valence-electron chi connectivity index (χ2n) is 5.63. The molecule has 7 heteroatoms. The number of aromatic nitrogens is 1. The summed E-state index contributed by atoms with van der Waals surface area (Å²) in [5, 5.41) is 3.31. The van der Waals surface area contributed by atoms with Crippen molar-refractivity contribution in [2.45, 2.75) is 19.5 Å². The summed E-state index contributed by atoms with van der Waals surface area (Å²) in [7, 11) is 1.89. The lowest BCUT2D eigenvalue weighted by Gasteiger charge is -2.23. The summed E-state index contributed by atoms with van der Waals surface area (Å²) in [6, 6.07) is 8.82. The van der Waals surface area contributed by atoms with Gasteiger partial charge in [-0.3, -0.25) is 9.69 Å². The van der Waals surface area contributed by atoms with Crippen molar-refractivity contribution in [2.24, 2.45) is 0 Å². The number of hydrogen-bond acceptors (Lipinski definition) is 5. The number of pyridine rings is 1. The molecule has 2 aromatic rings. The van der Waals surface area contributed by atoms with Crippen LogP contribution in [-0.2, 0) is 11.3 Å². The number of halogens is 1. The Morgan fingerprint density at radius 3 is 2.88 bits per heavy atom. The molecule has 24 heavy (non-hydrogen) atoms. The summed E-state index contributed by atoms with van der Waals surface area (Å²) in [6.07, 6.45) is 1.50. The Morgan fingerprint density at radius 2 is 2.12 bits per heavy atom. The quantitative estimate of drug-likeness (QED) is 0.901. The van der Waals surface area contributed by atoms with E-state index in [1.165, 1.54) is 6.20 Å². The number of anilines is 1. The highest BCUT2D eigenvalue weighted by Gasteiger charge is 2.20. The van der Waals surface area contributed by atoms with Crippen molar-refractivity contribution in [3.8, 4) is 11.5 Å². The van der Waals surface area contributed by atoms with Crippen LogP contribution in [0.3, 0.4) is 0 Å². The van der Waals surface area contributed by atoms with Crippen LogP contribution in [0.4, 0.5) is 5.82 Å². The van der Waals surface area contributed by atoms with Crippen molar-refractivity contribution < 1.29 is 14.3 Å². The molecule has 1 aromatic heterocycles. The van der Waals surface area contributed by atoms with E-state index in [9.17, 15) is 4.79 Å². The van der Waals surface area contributed by atoms with Crippen molar-refractivity contribution in [3.63, 3.8) is 0 Å². The first-order valence-corrected chi connectivity index (χ1v) is 7.92. The van der Waals surface area contributed by atoms with Crippen LogP contribution in [0.15, 0.2) is 36.5 Å². The van der Waals surface area contributed by atoms with Crippen LogP contribution in [0.1, 0.15) is 12.5 Å². The van der Waals surface area contributed by atoms with Gasteiger partial charge < -0.3 is 14.8 Å². The highest BCUT2D eigenvalue weighted by Crippen LogP contribution is 2.32. The van der Waals surface area contributed by atoms with Crippen molar-refractivity contribution in [2.75, 3.05) is 19.2 Å². The first kappa shape index (κ1) is 16.5. The van der Waals surface area contributed by atoms with Crippen LogP contribution < -0.4 is 14.8 Å². The molecular formula is C17H18ClN3O3. The molecule has 0 radical (unpaired) electrons. The molecule has 0 aliphatic carbocycles. The molecule has 1 aromatic carbocycles. The van der Waals surface area contributed by atoms with Crippen molar-refractivity contribution in [1.29, 1.82) is 0 Å². The van der Waals surface area contributed by atoms with Gasteiger partial charge in [-0.1, -0.05) is 17.7 Å². The molecule has 0 saturated heterocycles. The summed E-state index contributed by atoms with van der Waals surface area (Å²) >= 11 is 5.79. The fourth-order valence-corrected chi connectivity index (χ4v) is 2.46. The van der Waals surface area contributed by atoms with E-state index in [4.69, 9.17) is 21.1 Å². The Bertz CT molecular complexity index is 736. The summed E-state index contributed by atoms with van der Waals surface area (Å²) in [6.45, 7) is 2.71. The van der Waals surface area contributed by atoms with Crippen LogP contribution in [0, 0.1) is 0 Å². The third-order valence-corrected chi connectivity index (χ3v) is 4.11. The second kappa shape index (κ2) is 7.07. The number of fused-ring (bicyclic) bond motifs is 1. The monoisotopic (exact) mass is 347 g/mol. The summed E-state index contributed by atoms with van der Waals surface area (Å²) in [5.74, 6) is 1.84. The number of nitrogens with zero attached hydrogens (tertiary/aromatic N) is 2. The number of nitrogens with one attached hydrogen (secondary N) is 1. The van der Waals surface area contributed by atoms with Gasteiger partial charge in [0.05, 0.1) is 11.1 Å². The normalized spacial score (nSPS) is 13.8. The van der Waals surface area contributed by atoms with Crippen LogP contribution in [0.5, 0.6) is 11.5 Å². The van der Waals surface area contributed by atoms with E-state index < -0.39 is 0 Å². The molecule has 0 unspecified atom stereocenters. The van der Waals surface area contributed by atoms with Gasteiger partial charge >= 0.3 is 0 Å². The molecule has 2 heterocycles. The molecule has 1 amide bonds. The first-order chi connectivity index (χ1) is 11.5. The number of ether oxygens (including phenoxy) is 2. The Morgan fingerprint density at radius 1 is 1.33 bits per heavy atom. The number of carbonyl (C=O) groups excluding carboxylic acids is 1. The van der Waals surface area contributed by atoms with E-state index in [1.54, 1.807) is 12.1 Å². The Kier molecular flexibility index (Phi) is 4.87. The minimum Gasteiger partial charge on any atom is -0.454 e. The standard InChI is InChI=1S/C17H18ClN3O3/c1-11(17(22)20-16-6-4-13(18)8-19-16)21(2)9-12-3-5-14-15(7-12)24-10-23-14/h3-8,11H,9-10H2,1-2H3,(H,19,20,22)/t11-/m0/s1. The average molecular weight is 348 g/mol. The largest absolute Gasteiger partial charge is 0.454 e. The van der Waals surface area contributed by atoms with Gasteiger partial charge in [0.15, 0.2) is 11.5 Å². The molecule has 6 nitrogen and oxygen atoms in total. The minimum atomic E-state index is -0.326. The average Bonchev–Trinajstić information content (AvgIpc) is 3.03. The number of rotatable bonds is 5. The van der Waals surface area contributed by atoms with Gasteiger partial charge in [-0.25, -0.2) is 4.98 Å². The number of hydrogen-bond donors (Lipinski definition) is 1. The third-order valence-electron chi connectivity index (χ3n) is 3.89. The van der Waals surface area contributed by atoms with Crippen LogP contribution in [0.2, 0.25) is 5.02 Å². The minimum absolute atomic E-state index is 0.131. The second-order valence-corrected chi connectivity index (χ2v) is 6.07. The van der Waals surface area contributed by atoms with Gasteiger partial charge in [-0.05, 0) is 43.8 Å². The van der Waals surface area contributed by atoms with Gasteiger partial charge in [0.2, 0.25) is 12.7 Å². The molecule has 126 valence electrons. The van der Waals surface area contributed by atoms with Crippen LogP contribution in [0.25, 0.3) is 0 Å². The number of benzene rings is 1. The predicted molar refractivity (Wildman–Crippen MR) is 91.4 cm³/mol. The summed E-state index contributed by atoms with van der Waals surface area (Å²) in [5.41, 5.74) is 1.05. The summed E-state index contributed by atoms with van der Waals surface area (Å²) < 4.78 is 10.7. The molecule has 0 saturated carbocycles. The van der Waals surface area contributed by atoms with Crippen molar-refractivity contribution >= 4 is 23.3 Å². The molecule has 0 spiro atoms. The molecule has 1 aliphatic heterocycles. The van der Waals surface area contributed by atoms with Gasteiger partial charge in [0.1, 0.15) is 5.82 Å². The Balaban J connectivity index is 1.60. The molecule has 1 N–H and O–H groups in total. The van der Waals surface area contributed by atoms with Gasteiger partial charge in [-0.2, -0.15) is 0 Å². The lowest BCUT2D eigenvalue weighted by atomic mass is 10.1. The van der Waals surface area contributed by atoms with Gasteiger partial charge in [0, 0.05) is 12.7 Å².